The van der Waals surface area contributed by atoms with Gasteiger partial charge in [-0.2, -0.15) is 0 Å². The van der Waals surface area contributed by atoms with Gasteiger partial charge in [0.25, 0.3) is 0 Å². The maximum atomic E-state index is 8.69. The number of nitrogens with two attached hydrogens (primary N) is 1. The maximum Gasteiger partial charge on any atom is 0.170 e. The van der Waals surface area contributed by atoms with Crippen molar-refractivity contribution in [1.29, 1.82) is 0 Å². The Labute approximate surface area is 112 Å². The summed E-state index contributed by atoms with van der Waals surface area (Å²) in [6, 6.07) is 7.88. The Hall–Kier alpha value is -2.01. The monoisotopic (exact) mass is 260 g/mol. The second-order valence-corrected chi connectivity index (χ2v) is 4.92. The molecule has 0 aliphatic heterocycles. The number of fused-ring (bicyclic) bond motifs is 1. The minimum absolute atomic E-state index is 0.141. The molecule has 2 rings (SSSR count). The number of rotatable bonds is 5. The molecule has 0 saturated heterocycles. The minimum Gasteiger partial charge on any atom is -0.409 e. The Morgan fingerprint density at radius 2 is 2.16 bits per heavy atom. The number of aromatic nitrogens is 1. The Morgan fingerprint density at radius 1 is 1.37 bits per heavy atom. The number of nitrogens with zero attached hydrogens (tertiary/aromatic N) is 3. The van der Waals surface area contributed by atoms with Gasteiger partial charge in [-0.3, -0.25) is 0 Å². The van der Waals surface area contributed by atoms with Gasteiger partial charge in [-0.05, 0) is 51.3 Å². The Morgan fingerprint density at radius 3 is 2.84 bits per heavy atom. The lowest BCUT2D eigenvalue weighted by atomic mass is 10.1. The first-order chi connectivity index (χ1) is 9.11. The molecule has 0 amide bonds. The highest BCUT2D eigenvalue weighted by Crippen LogP contribution is 2.18. The van der Waals surface area contributed by atoms with E-state index in [0.29, 0.717) is 0 Å². The zero-order valence-electron chi connectivity index (χ0n) is 11.4. The molecule has 1 aromatic carbocycles. The van der Waals surface area contributed by atoms with E-state index in [2.05, 4.69) is 41.0 Å². The molecule has 19 heavy (non-hydrogen) atoms. The molecule has 1 aromatic heterocycles. The molecule has 0 spiro atoms. The average Bonchev–Trinajstić information content (AvgIpc) is 2.80. The molecule has 0 fully saturated rings. The summed E-state index contributed by atoms with van der Waals surface area (Å²) in [5.74, 6) is 0.141. The fraction of sp³-hybridized carbons (Fsp3) is 0.357. The van der Waals surface area contributed by atoms with Crippen LogP contribution in [0.5, 0.6) is 0 Å². The fourth-order valence-electron chi connectivity index (χ4n) is 2.17. The van der Waals surface area contributed by atoms with Gasteiger partial charge in [0.05, 0.1) is 0 Å². The number of hydrogen-bond acceptors (Lipinski definition) is 3. The largest absolute Gasteiger partial charge is 0.409 e. The summed E-state index contributed by atoms with van der Waals surface area (Å²) in [6.45, 7) is 2.06. The summed E-state index contributed by atoms with van der Waals surface area (Å²) in [5.41, 5.74) is 7.50. The van der Waals surface area contributed by atoms with Crippen LogP contribution in [0.15, 0.2) is 35.6 Å². The topological polar surface area (TPSA) is 66.8 Å². The smallest absolute Gasteiger partial charge is 0.170 e. The molecule has 3 N–H and O–H groups in total. The van der Waals surface area contributed by atoms with Crippen LogP contribution in [0.3, 0.4) is 0 Å². The number of aryl methyl sites for hydroxylation is 1. The second kappa shape index (κ2) is 5.75. The van der Waals surface area contributed by atoms with Crippen LogP contribution in [-0.4, -0.2) is 41.1 Å². The lowest BCUT2D eigenvalue weighted by molar-refractivity contribution is 0.318. The van der Waals surface area contributed by atoms with E-state index in [1.54, 1.807) is 0 Å². The number of oxime groups is 1. The highest BCUT2D eigenvalue weighted by atomic mass is 16.4. The van der Waals surface area contributed by atoms with Gasteiger partial charge < -0.3 is 20.4 Å². The van der Waals surface area contributed by atoms with Crippen molar-refractivity contribution in [1.82, 2.24) is 9.47 Å². The zero-order valence-corrected chi connectivity index (χ0v) is 11.4. The lowest BCUT2D eigenvalue weighted by Gasteiger charge is -2.10. The van der Waals surface area contributed by atoms with Crippen molar-refractivity contribution in [2.45, 2.75) is 13.0 Å². The molecule has 0 unspecified atom stereocenters. The van der Waals surface area contributed by atoms with Crippen LogP contribution in [-0.2, 0) is 6.54 Å². The van der Waals surface area contributed by atoms with E-state index in [9.17, 15) is 0 Å². The van der Waals surface area contributed by atoms with Crippen molar-refractivity contribution in [3.05, 3.63) is 36.0 Å². The third-order valence-corrected chi connectivity index (χ3v) is 3.18. The van der Waals surface area contributed by atoms with Gasteiger partial charge in [-0.15, -0.1) is 0 Å². The van der Waals surface area contributed by atoms with Crippen LogP contribution in [0.2, 0.25) is 0 Å². The SMILES string of the molecule is CN(C)CCCn1ccc2cc(/C(N)=N/O)ccc21. The highest BCUT2D eigenvalue weighted by Gasteiger charge is 2.05. The molecule has 0 aliphatic carbocycles. The van der Waals surface area contributed by atoms with Gasteiger partial charge in [0.2, 0.25) is 0 Å². The van der Waals surface area contributed by atoms with Crippen LogP contribution < -0.4 is 5.73 Å². The Bertz CT molecular complexity index is 586. The van der Waals surface area contributed by atoms with Gasteiger partial charge in [0.15, 0.2) is 5.84 Å². The molecule has 5 heteroatoms. The van der Waals surface area contributed by atoms with E-state index in [1.165, 1.54) is 5.52 Å². The molecule has 0 saturated carbocycles. The quantitative estimate of drug-likeness (QED) is 0.372. The minimum atomic E-state index is 0.141. The summed E-state index contributed by atoms with van der Waals surface area (Å²) in [6.07, 6.45) is 3.19. The molecular formula is C14H20N4O. The molecule has 1 heterocycles. The average molecular weight is 260 g/mol. The van der Waals surface area contributed by atoms with Gasteiger partial charge in [-0.1, -0.05) is 5.16 Å². The number of benzene rings is 1. The van der Waals surface area contributed by atoms with Crippen molar-refractivity contribution in [3.8, 4) is 0 Å². The predicted molar refractivity (Wildman–Crippen MR) is 77.6 cm³/mol. The summed E-state index contributed by atoms with van der Waals surface area (Å²) < 4.78 is 2.23. The van der Waals surface area contributed by atoms with Crippen molar-refractivity contribution >= 4 is 16.7 Å². The third kappa shape index (κ3) is 3.06. The van der Waals surface area contributed by atoms with Crippen molar-refractivity contribution in [2.24, 2.45) is 10.9 Å². The first-order valence-electron chi connectivity index (χ1n) is 6.33. The van der Waals surface area contributed by atoms with Crippen molar-refractivity contribution in [3.63, 3.8) is 0 Å². The van der Waals surface area contributed by atoms with Gasteiger partial charge >= 0.3 is 0 Å². The Kier molecular flexibility index (Phi) is 4.06. The fourth-order valence-corrected chi connectivity index (χ4v) is 2.17. The van der Waals surface area contributed by atoms with E-state index in [0.717, 1.165) is 30.5 Å². The summed E-state index contributed by atoms with van der Waals surface area (Å²) in [5, 5.41) is 12.8. The maximum absolute atomic E-state index is 8.69. The van der Waals surface area contributed by atoms with Gasteiger partial charge in [0, 0.05) is 29.2 Å². The molecule has 0 bridgehead atoms. The standard InChI is InChI=1S/C14H20N4O/c1-17(2)7-3-8-18-9-6-11-10-12(14(15)16-19)4-5-13(11)18/h4-6,9-10,19H,3,7-8H2,1-2H3,(H2,15,16). The molecular weight excluding hydrogens is 240 g/mol. The van der Waals surface area contributed by atoms with Crippen LogP contribution in [0.1, 0.15) is 12.0 Å². The molecule has 0 aliphatic rings. The highest BCUT2D eigenvalue weighted by molar-refractivity contribution is 6.00. The van der Waals surface area contributed by atoms with Crippen LogP contribution in [0.25, 0.3) is 10.9 Å². The first-order valence-corrected chi connectivity index (χ1v) is 6.33. The van der Waals surface area contributed by atoms with Crippen LogP contribution in [0, 0.1) is 0 Å². The van der Waals surface area contributed by atoms with Crippen LogP contribution >= 0.6 is 0 Å². The lowest BCUT2D eigenvalue weighted by Crippen LogP contribution is -2.15. The van der Waals surface area contributed by atoms with Gasteiger partial charge in [0.1, 0.15) is 0 Å². The second-order valence-electron chi connectivity index (χ2n) is 4.92. The normalized spacial score (nSPS) is 12.5. The number of hydrogen-bond donors (Lipinski definition) is 2. The van der Waals surface area contributed by atoms with E-state index in [-0.39, 0.29) is 5.84 Å². The Balaban J connectivity index is 2.20. The summed E-state index contributed by atoms with van der Waals surface area (Å²) in [4.78, 5) is 2.18. The summed E-state index contributed by atoms with van der Waals surface area (Å²) in [7, 11) is 4.16. The molecule has 0 radical (unpaired) electrons. The van der Waals surface area contributed by atoms with E-state index >= 15 is 0 Å². The summed E-state index contributed by atoms with van der Waals surface area (Å²) >= 11 is 0. The number of amidine groups is 1. The first kappa shape index (κ1) is 13.4. The van der Waals surface area contributed by atoms with E-state index < -0.39 is 0 Å². The van der Waals surface area contributed by atoms with Gasteiger partial charge in [-0.25, -0.2) is 0 Å². The van der Waals surface area contributed by atoms with E-state index in [4.69, 9.17) is 10.9 Å². The third-order valence-electron chi connectivity index (χ3n) is 3.18. The molecule has 0 atom stereocenters. The predicted octanol–water partition coefficient (Wildman–Crippen LogP) is 1.69. The van der Waals surface area contributed by atoms with Crippen molar-refractivity contribution < 1.29 is 5.21 Å². The molecule has 102 valence electrons. The molecule has 5 nitrogen and oxygen atoms in total. The zero-order chi connectivity index (χ0) is 13.8. The molecule has 2 aromatic rings. The van der Waals surface area contributed by atoms with Crippen LogP contribution in [0.4, 0.5) is 0 Å². The van der Waals surface area contributed by atoms with E-state index in [1.807, 2.05) is 18.2 Å². The van der Waals surface area contributed by atoms with Crippen molar-refractivity contribution in [2.75, 3.05) is 20.6 Å².